The Balaban J connectivity index is 1.39. The highest BCUT2D eigenvalue weighted by Crippen LogP contribution is 2.45. The van der Waals surface area contributed by atoms with Crippen molar-refractivity contribution in [3.05, 3.63) is 65.7 Å². The van der Waals surface area contributed by atoms with Crippen molar-refractivity contribution in [3.63, 3.8) is 0 Å². The third kappa shape index (κ3) is 6.15. The third-order valence-corrected chi connectivity index (χ3v) is 7.05. The summed E-state index contributed by atoms with van der Waals surface area (Å²) in [7, 11) is 0. The first-order valence-electron chi connectivity index (χ1n) is 12.5. The fourth-order valence-electron chi connectivity index (χ4n) is 4.95. The van der Waals surface area contributed by atoms with Gasteiger partial charge in [-0.05, 0) is 37.1 Å². The van der Waals surface area contributed by atoms with Crippen LogP contribution in [0.4, 0.5) is 32.0 Å². The number of hydrogen-bond donors (Lipinski definition) is 1. The van der Waals surface area contributed by atoms with E-state index in [4.69, 9.17) is 4.74 Å². The molecule has 6 nitrogen and oxygen atoms in total. The van der Waals surface area contributed by atoms with Crippen LogP contribution in [0.1, 0.15) is 60.5 Å². The number of anilines is 1. The molecule has 0 aliphatic heterocycles. The molecular weight excluding hydrogens is 526 g/mol. The first kappa shape index (κ1) is 26.9. The first-order chi connectivity index (χ1) is 18.5. The fourth-order valence-corrected chi connectivity index (χ4v) is 4.95. The molecule has 0 radical (unpaired) electrons. The minimum Gasteiger partial charge on any atom is -0.463 e. The Kier molecular flexibility index (Phi) is 7.21. The van der Waals surface area contributed by atoms with E-state index in [-0.39, 0.29) is 85.1 Å². The van der Waals surface area contributed by atoms with Crippen LogP contribution < -0.4 is 10.1 Å². The summed E-state index contributed by atoms with van der Waals surface area (Å²) < 4.78 is 87.7. The summed E-state index contributed by atoms with van der Waals surface area (Å²) in [6, 6.07) is 4.21. The average Bonchev–Trinajstić information content (AvgIpc) is 2.88. The molecule has 0 atom stereocenters. The number of ether oxygens (including phenoxy) is 1. The van der Waals surface area contributed by atoms with Gasteiger partial charge in [0.2, 0.25) is 11.8 Å². The summed E-state index contributed by atoms with van der Waals surface area (Å²) >= 11 is 0. The van der Waals surface area contributed by atoms with Crippen molar-refractivity contribution in [2.45, 2.75) is 56.3 Å². The van der Waals surface area contributed by atoms with E-state index in [1.165, 1.54) is 24.7 Å². The van der Waals surface area contributed by atoms with Gasteiger partial charge in [-0.25, -0.2) is 36.3 Å². The molecule has 2 saturated carbocycles. The quantitative estimate of drug-likeness (QED) is 0.328. The van der Waals surface area contributed by atoms with E-state index < -0.39 is 35.3 Å². The number of pyridine rings is 1. The van der Waals surface area contributed by atoms with Gasteiger partial charge < -0.3 is 10.1 Å². The van der Waals surface area contributed by atoms with Crippen LogP contribution in [-0.4, -0.2) is 39.3 Å². The Morgan fingerprint density at radius 3 is 2.31 bits per heavy atom. The van der Waals surface area contributed by atoms with Crippen LogP contribution in [0.15, 0.2) is 42.9 Å². The molecule has 2 heterocycles. The van der Waals surface area contributed by atoms with E-state index in [2.05, 4.69) is 20.3 Å². The van der Waals surface area contributed by atoms with Crippen molar-refractivity contribution in [3.8, 4) is 17.1 Å². The third-order valence-electron chi connectivity index (χ3n) is 7.05. The van der Waals surface area contributed by atoms with Gasteiger partial charge in [0.05, 0.1) is 23.6 Å². The highest BCUT2D eigenvalue weighted by atomic mass is 19.3. The number of amides is 1. The number of carbonyl (C=O) groups excluding carboxylic acids is 1. The molecule has 3 aromatic rings. The zero-order valence-corrected chi connectivity index (χ0v) is 20.6. The van der Waals surface area contributed by atoms with Crippen LogP contribution in [0.5, 0.6) is 6.01 Å². The van der Waals surface area contributed by atoms with Crippen molar-refractivity contribution in [2.75, 3.05) is 11.9 Å². The number of halogens is 6. The predicted molar refractivity (Wildman–Crippen MR) is 129 cm³/mol. The molecule has 12 heteroatoms. The van der Waals surface area contributed by atoms with E-state index in [0.29, 0.717) is 0 Å². The summed E-state index contributed by atoms with van der Waals surface area (Å²) in [6.45, 7) is 0.0170. The van der Waals surface area contributed by atoms with Crippen molar-refractivity contribution >= 4 is 11.6 Å². The normalized spacial score (nSPS) is 18.8. The Morgan fingerprint density at radius 2 is 1.64 bits per heavy atom. The van der Waals surface area contributed by atoms with Gasteiger partial charge in [-0.3, -0.25) is 9.78 Å². The molecule has 2 aromatic heterocycles. The summed E-state index contributed by atoms with van der Waals surface area (Å²) in [5.41, 5.74) is 0.373. The van der Waals surface area contributed by atoms with Crippen molar-refractivity contribution < 1.29 is 35.9 Å². The fraction of sp³-hybridized carbons (Fsp3) is 0.407. The number of alkyl halides is 4. The van der Waals surface area contributed by atoms with Crippen LogP contribution >= 0.6 is 0 Å². The highest BCUT2D eigenvalue weighted by Gasteiger charge is 2.45. The molecule has 1 aromatic carbocycles. The lowest BCUT2D eigenvalue weighted by Gasteiger charge is -2.34. The largest absolute Gasteiger partial charge is 0.463 e. The molecule has 39 heavy (non-hydrogen) atoms. The summed E-state index contributed by atoms with van der Waals surface area (Å²) in [4.78, 5) is 25.4. The minimum absolute atomic E-state index is 0.00632. The van der Waals surface area contributed by atoms with Crippen molar-refractivity contribution in [1.82, 2.24) is 15.0 Å². The maximum Gasteiger partial charge on any atom is 0.316 e. The maximum absolute atomic E-state index is 14.7. The molecule has 0 saturated heterocycles. The van der Waals surface area contributed by atoms with E-state index >= 15 is 0 Å². The lowest BCUT2D eigenvalue weighted by Crippen LogP contribution is -2.38. The van der Waals surface area contributed by atoms with Gasteiger partial charge in [0.1, 0.15) is 11.6 Å². The summed E-state index contributed by atoms with van der Waals surface area (Å²) in [5.74, 6) is -8.36. The van der Waals surface area contributed by atoms with Gasteiger partial charge in [0.15, 0.2) is 0 Å². The molecular formula is C27H24F6N4O2. The van der Waals surface area contributed by atoms with E-state index in [1.807, 2.05) is 0 Å². The molecule has 1 amide bonds. The smallest absolute Gasteiger partial charge is 0.316 e. The maximum atomic E-state index is 14.7. The molecule has 2 aliphatic rings. The molecule has 1 N–H and O–H groups in total. The van der Waals surface area contributed by atoms with Crippen LogP contribution in [0, 0.1) is 17.6 Å². The topological polar surface area (TPSA) is 77.0 Å². The summed E-state index contributed by atoms with van der Waals surface area (Å²) in [6.07, 6.45) is 2.64. The SMILES string of the molecule is O=C(Nc1c(-c2cc(F)ccc2F)ccnc1C1CCC(F)(F)CC1)c1cnc(OCC2CC(F)(F)C2)nc1. The van der Waals surface area contributed by atoms with Gasteiger partial charge in [-0.2, -0.15) is 0 Å². The first-order valence-corrected chi connectivity index (χ1v) is 12.5. The second-order valence-corrected chi connectivity index (χ2v) is 10.0. The average molecular weight is 551 g/mol. The van der Waals surface area contributed by atoms with Crippen molar-refractivity contribution in [1.29, 1.82) is 0 Å². The summed E-state index contributed by atoms with van der Waals surface area (Å²) in [5, 5.41) is 2.67. The Morgan fingerprint density at radius 1 is 0.949 bits per heavy atom. The van der Waals surface area contributed by atoms with E-state index in [0.717, 1.165) is 18.2 Å². The molecule has 2 aliphatic carbocycles. The van der Waals surface area contributed by atoms with Gasteiger partial charge in [-0.1, -0.05) is 0 Å². The highest BCUT2D eigenvalue weighted by molar-refractivity contribution is 6.06. The molecule has 0 unspecified atom stereocenters. The molecule has 206 valence electrons. The minimum atomic E-state index is -2.80. The van der Waals surface area contributed by atoms with Gasteiger partial charge in [0, 0.05) is 67.2 Å². The van der Waals surface area contributed by atoms with Gasteiger partial charge >= 0.3 is 6.01 Å². The number of nitrogens with zero attached hydrogens (tertiary/aromatic N) is 3. The van der Waals surface area contributed by atoms with E-state index in [9.17, 15) is 31.1 Å². The molecule has 5 rings (SSSR count). The van der Waals surface area contributed by atoms with Crippen LogP contribution in [0.2, 0.25) is 0 Å². The second kappa shape index (κ2) is 10.5. The molecule has 2 fully saturated rings. The Hall–Kier alpha value is -3.70. The van der Waals surface area contributed by atoms with Crippen LogP contribution in [-0.2, 0) is 0 Å². The predicted octanol–water partition coefficient (Wildman–Crippen LogP) is 6.79. The number of carbonyl (C=O) groups is 1. The lowest BCUT2D eigenvalue weighted by atomic mass is 9.82. The molecule has 0 bridgehead atoms. The van der Waals surface area contributed by atoms with Gasteiger partial charge in [-0.15, -0.1) is 0 Å². The van der Waals surface area contributed by atoms with Crippen LogP contribution in [0.3, 0.4) is 0 Å². The zero-order valence-electron chi connectivity index (χ0n) is 20.6. The standard InChI is InChI=1S/C27H24F6N4O2/c28-18-1-2-21(29)20(9-18)19-5-8-34-22(16-3-6-26(30,31)7-4-16)23(19)37-24(38)17-12-35-25(36-13-17)39-14-15-10-27(32,33)11-15/h1-2,5,8-9,12-13,15-16H,3-4,6-7,10-11,14H2,(H,37,38). The van der Waals surface area contributed by atoms with Gasteiger partial charge in [0.25, 0.3) is 5.91 Å². The Labute approximate surface area is 219 Å². The van der Waals surface area contributed by atoms with Crippen molar-refractivity contribution in [2.24, 2.45) is 5.92 Å². The van der Waals surface area contributed by atoms with Crippen LogP contribution in [0.25, 0.3) is 11.1 Å². The number of hydrogen-bond acceptors (Lipinski definition) is 5. The molecule has 0 spiro atoms. The number of rotatable bonds is 7. The number of benzene rings is 1. The number of nitrogens with one attached hydrogen (secondary N) is 1. The zero-order chi connectivity index (χ0) is 27.8. The Bertz CT molecular complexity index is 1350. The monoisotopic (exact) mass is 550 g/mol. The number of aromatic nitrogens is 3. The lowest BCUT2D eigenvalue weighted by molar-refractivity contribution is -0.119. The van der Waals surface area contributed by atoms with E-state index in [1.54, 1.807) is 0 Å². The second-order valence-electron chi connectivity index (χ2n) is 10.0.